The van der Waals surface area contributed by atoms with Gasteiger partial charge in [-0.05, 0) is 56.7 Å². The van der Waals surface area contributed by atoms with E-state index in [9.17, 15) is 4.79 Å². The topological polar surface area (TPSA) is 47.6 Å². The standard InChI is InChI=1S/C15H10BrClINO3/c16-10-6-13-14(22-4-3-21-13)7-12(10)19-15(20)9-2-1-8(17)5-11(9)18/h1-2,5-7H,3-4H2,(H,19,20). The molecular formula is C15H10BrClINO3. The van der Waals surface area contributed by atoms with Crippen molar-refractivity contribution in [2.45, 2.75) is 0 Å². The predicted molar refractivity (Wildman–Crippen MR) is 97.3 cm³/mol. The second kappa shape index (κ2) is 6.64. The summed E-state index contributed by atoms with van der Waals surface area (Å²) in [5.41, 5.74) is 1.19. The molecular weight excluding hydrogens is 484 g/mol. The number of amides is 1. The molecule has 2 aromatic rings. The van der Waals surface area contributed by atoms with Gasteiger partial charge >= 0.3 is 0 Å². The van der Waals surface area contributed by atoms with Crippen molar-refractivity contribution in [2.24, 2.45) is 0 Å². The smallest absolute Gasteiger partial charge is 0.256 e. The number of fused-ring (bicyclic) bond motifs is 1. The van der Waals surface area contributed by atoms with Gasteiger partial charge in [0.15, 0.2) is 11.5 Å². The lowest BCUT2D eigenvalue weighted by Crippen LogP contribution is -2.17. The third-order valence-electron chi connectivity index (χ3n) is 3.06. The fourth-order valence-corrected chi connectivity index (χ4v) is 3.56. The van der Waals surface area contributed by atoms with Gasteiger partial charge in [0.05, 0.1) is 11.3 Å². The zero-order chi connectivity index (χ0) is 15.7. The summed E-state index contributed by atoms with van der Waals surface area (Å²) < 4.78 is 12.5. The maximum absolute atomic E-state index is 12.4. The number of halogens is 3. The Bertz CT molecular complexity index is 754. The average molecular weight is 495 g/mol. The quantitative estimate of drug-likeness (QED) is 0.615. The zero-order valence-corrected chi connectivity index (χ0v) is 15.7. The van der Waals surface area contributed by atoms with Crippen LogP contribution in [-0.4, -0.2) is 19.1 Å². The van der Waals surface area contributed by atoms with Crippen molar-refractivity contribution < 1.29 is 14.3 Å². The molecule has 0 fully saturated rings. The third-order valence-corrected chi connectivity index (χ3v) is 4.84. The fraction of sp³-hybridized carbons (Fsp3) is 0.133. The van der Waals surface area contributed by atoms with Crippen LogP contribution in [0.2, 0.25) is 5.02 Å². The summed E-state index contributed by atoms with van der Waals surface area (Å²) in [4.78, 5) is 12.4. The zero-order valence-electron chi connectivity index (χ0n) is 11.2. The van der Waals surface area contributed by atoms with E-state index < -0.39 is 0 Å². The molecule has 0 saturated carbocycles. The van der Waals surface area contributed by atoms with Crippen LogP contribution in [0.4, 0.5) is 5.69 Å². The molecule has 2 aromatic carbocycles. The number of ether oxygens (including phenoxy) is 2. The molecule has 7 heteroatoms. The van der Waals surface area contributed by atoms with Crippen molar-refractivity contribution in [1.29, 1.82) is 0 Å². The van der Waals surface area contributed by atoms with Crippen molar-refractivity contribution in [3.05, 3.63) is 49.0 Å². The molecule has 0 bridgehead atoms. The van der Waals surface area contributed by atoms with Gasteiger partial charge in [-0.25, -0.2) is 0 Å². The number of nitrogens with one attached hydrogen (secondary N) is 1. The number of anilines is 1. The van der Waals surface area contributed by atoms with Crippen LogP contribution in [-0.2, 0) is 0 Å². The van der Waals surface area contributed by atoms with Crippen LogP contribution in [0, 0.1) is 3.57 Å². The highest BCUT2D eigenvalue weighted by molar-refractivity contribution is 14.1. The normalized spacial score (nSPS) is 12.9. The molecule has 1 aliphatic rings. The van der Waals surface area contributed by atoms with Crippen LogP contribution in [0.5, 0.6) is 11.5 Å². The Morgan fingerprint density at radius 3 is 2.55 bits per heavy atom. The van der Waals surface area contributed by atoms with Crippen LogP contribution in [0.15, 0.2) is 34.8 Å². The van der Waals surface area contributed by atoms with E-state index in [4.69, 9.17) is 21.1 Å². The van der Waals surface area contributed by atoms with Gasteiger partial charge in [0, 0.05) is 25.2 Å². The average Bonchev–Trinajstić information content (AvgIpc) is 2.47. The van der Waals surface area contributed by atoms with E-state index in [2.05, 4.69) is 43.8 Å². The first-order chi connectivity index (χ1) is 10.5. The minimum atomic E-state index is -0.210. The van der Waals surface area contributed by atoms with Crippen LogP contribution >= 0.6 is 50.1 Å². The molecule has 0 spiro atoms. The summed E-state index contributed by atoms with van der Waals surface area (Å²) in [7, 11) is 0. The van der Waals surface area contributed by atoms with E-state index in [1.165, 1.54) is 0 Å². The van der Waals surface area contributed by atoms with Gasteiger partial charge in [0.2, 0.25) is 0 Å². The van der Waals surface area contributed by atoms with Gasteiger partial charge in [-0.2, -0.15) is 0 Å². The maximum atomic E-state index is 12.4. The Hall–Kier alpha value is -0.990. The van der Waals surface area contributed by atoms with Crippen molar-refractivity contribution in [3.63, 3.8) is 0 Å². The second-order valence-corrected chi connectivity index (χ2v) is 7.01. The molecule has 114 valence electrons. The van der Waals surface area contributed by atoms with E-state index in [0.717, 1.165) is 8.04 Å². The third kappa shape index (κ3) is 3.33. The monoisotopic (exact) mass is 493 g/mol. The van der Waals surface area contributed by atoms with Crippen LogP contribution in [0.25, 0.3) is 0 Å². The molecule has 1 aliphatic heterocycles. The van der Waals surface area contributed by atoms with E-state index in [-0.39, 0.29) is 5.91 Å². The number of benzene rings is 2. The lowest BCUT2D eigenvalue weighted by molar-refractivity contribution is 0.102. The van der Waals surface area contributed by atoms with E-state index >= 15 is 0 Å². The highest BCUT2D eigenvalue weighted by Gasteiger charge is 2.17. The van der Waals surface area contributed by atoms with Crippen LogP contribution < -0.4 is 14.8 Å². The highest BCUT2D eigenvalue weighted by Crippen LogP contribution is 2.38. The Morgan fingerprint density at radius 1 is 1.18 bits per heavy atom. The van der Waals surface area contributed by atoms with Crippen molar-refractivity contribution in [3.8, 4) is 11.5 Å². The van der Waals surface area contributed by atoms with Gasteiger partial charge in [0.1, 0.15) is 13.2 Å². The van der Waals surface area contributed by atoms with E-state index in [1.54, 1.807) is 30.3 Å². The lowest BCUT2D eigenvalue weighted by Gasteiger charge is -2.20. The Labute approximate surface area is 154 Å². The van der Waals surface area contributed by atoms with Gasteiger partial charge in [-0.1, -0.05) is 11.6 Å². The summed E-state index contributed by atoms with van der Waals surface area (Å²) in [6.07, 6.45) is 0. The molecule has 22 heavy (non-hydrogen) atoms. The Kier molecular flexibility index (Phi) is 4.79. The first kappa shape index (κ1) is 15.9. The van der Waals surface area contributed by atoms with E-state index in [0.29, 0.717) is 41.0 Å². The van der Waals surface area contributed by atoms with Gasteiger partial charge in [0.25, 0.3) is 5.91 Å². The van der Waals surface area contributed by atoms with Gasteiger partial charge < -0.3 is 14.8 Å². The molecule has 0 unspecified atom stereocenters. The number of hydrogen-bond acceptors (Lipinski definition) is 3. The van der Waals surface area contributed by atoms with Crippen molar-refractivity contribution in [2.75, 3.05) is 18.5 Å². The summed E-state index contributed by atoms with van der Waals surface area (Å²) in [5, 5.41) is 3.47. The Morgan fingerprint density at radius 2 is 1.86 bits per heavy atom. The number of rotatable bonds is 2. The van der Waals surface area contributed by atoms with Crippen molar-refractivity contribution in [1.82, 2.24) is 0 Å². The highest BCUT2D eigenvalue weighted by atomic mass is 127. The second-order valence-electron chi connectivity index (χ2n) is 4.55. The summed E-state index contributed by atoms with van der Waals surface area (Å²) >= 11 is 11.4. The molecule has 0 aliphatic carbocycles. The van der Waals surface area contributed by atoms with E-state index in [1.807, 2.05) is 0 Å². The molecule has 4 nitrogen and oxygen atoms in total. The first-order valence-electron chi connectivity index (χ1n) is 6.40. The molecule has 0 aromatic heterocycles. The number of hydrogen-bond donors (Lipinski definition) is 1. The number of carbonyl (C=O) groups excluding carboxylic acids is 1. The molecule has 0 saturated heterocycles. The molecule has 1 N–H and O–H groups in total. The number of carbonyl (C=O) groups is 1. The van der Waals surface area contributed by atoms with Gasteiger partial charge in [-0.15, -0.1) is 0 Å². The summed E-state index contributed by atoms with van der Waals surface area (Å²) in [6, 6.07) is 8.68. The largest absolute Gasteiger partial charge is 0.486 e. The minimum Gasteiger partial charge on any atom is -0.486 e. The molecule has 1 amide bonds. The first-order valence-corrected chi connectivity index (χ1v) is 8.65. The molecule has 1 heterocycles. The van der Waals surface area contributed by atoms with Crippen LogP contribution in [0.1, 0.15) is 10.4 Å². The Balaban J connectivity index is 1.87. The predicted octanol–water partition coefficient (Wildman–Crippen LogP) is 4.73. The van der Waals surface area contributed by atoms with Crippen LogP contribution in [0.3, 0.4) is 0 Å². The maximum Gasteiger partial charge on any atom is 0.256 e. The fourth-order valence-electron chi connectivity index (χ4n) is 2.02. The molecule has 3 rings (SSSR count). The lowest BCUT2D eigenvalue weighted by atomic mass is 10.2. The molecule has 0 radical (unpaired) electrons. The summed E-state index contributed by atoms with van der Waals surface area (Å²) in [6.45, 7) is 1.02. The van der Waals surface area contributed by atoms with Gasteiger partial charge in [-0.3, -0.25) is 4.79 Å². The minimum absolute atomic E-state index is 0.210. The molecule has 0 atom stereocenters. The SMILES string of the molecule is O=C(Nc1cc2c(cc1Br)OCCO2)c1ccc(Cl)cc1I. The summed E-state index contributed by atoms with van der Waals surface area (Å²) in [5.74, 6) is 1.08. The van der Waals surface area contributed by atoms with Crippen molar-refractivity contribution >= 4 is 61.7 Å².